The summed E-state index contributed by atoms with van der Waals surface area (Å²) in [5.74, 6) is 1.03. The summed E-state index contributed by atoms with van der Waals surface area (Å²) in [5, 5.41) is 20.5. The average molecular weight is 526 g/mol. The van der Waals surface area contributed by atoms with E-state index in [0.717, 1.165) is 16.7 Å². The molecule has 0 radical (unpaired) electrons. The fraction of sp³-hybridized carbons (Fsp3) is 0.320. The summed E-state index contributed by atoms with van der Waals surface area (Å²) < 4.78 is 0. The van der Waals surface area contributed by atoms with Crippen molar-refractivity contribution in [2.75, 3.05) is 49.6 Å². The third kappa shape index (κ3) is 6.63. The normalized spacial score (nSPS) is 13.4. The maximum Gasteiger partial charge on any atom is 0.405 e. The molecule has 11 nitrogen and oxygen atoms in total. The number of piperazine rings is 1. The van der Waals surface area contributed by atoms with Crippen molar-refractivity contribution in [3.63, 3.8) is 0 Å². The van der Waals surface area contributed by atoms with Gasteiger partial charge in [0.2, 0.25) is 11.9 Å². The van der Waals surface area contributed by atoms with Gasteiger partial charge in [0.25, 0.3) is 0 Å². The molecule has 12 heteroatoms. The molecule has 1 aromatic carbocycles. The number of pyridine rings is 1. The lowest BCUT2D eigenvalue weighted by atomic mass is 10.1. The van der Waals surface area contributed by atoms with Gasteiger partial charge in [-0.25, -0.2) is 19.7 Å². The molecule has 37 heavy (non-hydrogen) atoms. The number of aliphatic hydroxyl groups excluding tert-OH is 1. The summed E-state index contributed by atoms with van der Waals surface area (Å²) >= 11 is 6.35. The van der Waals surface area contributed by atoms with Crippen LogP contribution in [0.25, 0.3) is 11.1 Å². The van der Waals surface area contributed by atoms with Crippen LogP contribution in [0.2, 0.25) is 5.02 Å². The number of nitrogens with zero attached hydrogens (tertiary/aromatic N) is 6. The molecule has 1 aliphatic rings. The van der Waals surface area contributed by atoms with Crippen LogP contribution in [0.3, 0.4) is 0 Å². The predicted octanol–water partition coefficient (Wildman–Crippen LogP) is 2.24. The molecule has 0 saturated carbocycles. The van der Waals surface area contributed by atoms with Crippen LogP contribution in [0.5, 0.6) is 0 Å². The summed E-state index contributed by atoms with van der Waals surface area (Å²) in [5.41, 5.74) is 3.36. The lowest BCUT2D eigenvalue weighted by molar-refractivity contribution is -0.129. The summed E-state index contributed by atoms with van der Waals surface area (Å²) in [4.78, 5) is 41.9. The number of anilines is 2. The van der Waals surface area contributed by atoms with Crippen LogP contribution in [0.4, 0.5) is 16.6 Å². The van der Waals surface area contributed by atoms with Crippen molar-refractivity contribution < 1.29 is 19.8 Å². The van der Waals surface area contributed by atoms with Crippen molar-refractivity contribution in [2.24, 2.45) is 0 Å². The molecular weight excluding hydrogens is 498 g/mol. The highest BCUT2D eigenvalue weighted by Gasteiger charge is 2.22. The first kappa shape index (κ1) is 26.1. The van der Waals surface area contributed by atoms with Gasteiger partial charge in [-0.3, -0.25) is 4.79 Å². The maximum absolute atomic E-state index is 12.1. The Labute approximate surface area is 219 Å². The highest BCUT2D eigenvalue weighted by atomic mass is 35.5. The van der Waals surface area contributed by atoms with Gasteiger partial charge < -0.3 is 30.2 Å². The van der Waals surface area contributed by atoms with Crippen LogP contribution in [0.1, 0.15) is 11.1 Å². The lowest BCUT2D eigenvalue weighted by Crippen LogP contribution is -2.47. The van der Waals surface area contributed by atoms with Crippen LogP contribution in [-0.2, 0) is 17.9 Å². The maximum atomic E-state index is 12.1. The van der Waals surface area contributed by atoms with Gasteiger partial charge in [-0.05, 0) is 28.8 Å². The highest BCUT2D eigenvalue weighted by molar-refractivity contribution is 6.33. The van der Waals surface area contributed by atoms with Crippen LogP contribution in [0, 0.1) is 0 Å². The molecule has 0 bridgehead atoms. The Hall–Kier alpha value is -3.96. The van der Waals surface area contributed by atoms with Crippen LogP contribution in [0.15, 0.2) is 48.9 Å². The quantitative estimate of drug-likeness (QED) is 0.404. The Morgan fingerprint density at radius 3 is 2.35 bits per heavy atom. The molecular formula is C25H28ClN7O4. The number of halogens is 1. The minimum Gasteiger partial charge on any atom is -0.465 e. The Morgan fingerprint density at radius 1 is 1.00 bits per heavy atom. The minimum atomic E-state index is -1.23. The fourth-order valence-corrected chi connectivity index (χ4v) is 4.35. The van der Waals surface area contributed by atoms with Crippen LogP contribution in [-0.4, -0.2) is 81.8 Å². The van der Waals surface area contributed by atoms with Crippen LogP contribution < -0.4 is 15.1 Å². The number of carbonyl (C=O) groups is 2. The zero-order valence-electron chi connectivity index (χ0n) is 20.3. The van der Waals surface area contributed by atoms with E-state index in [9.17, 15) is 14.7 Å². The minimum absolute atomic E-state index is 0.0958. The Morgan fingerprint density at radius 2 is 1.70 bits per heavy atom. The topological polar surface area (TPSA) is 135 Å². The second-order valence-corrected chi connectivity index (χ2v) is 9.07. The number of aliphatic hydroxyl groups is 1. The highest BCUT2D eigenvalue weighted by Crippen LogP contribution is 2.26. The molecule has 1 saturated heterocycles. The Bertz CT molecular complexity index is 1250. The van der Waals surface area contributed by atoms with Gasteiger partial charge in [-0.1, -0.05) is 29.8 Å². The smallest absolute Gasteiger partial charge is 0.405 e. The third-order valence-corrected chi connectivity index (χ3v) is 6.34. The van der Waals surface area contributed by atoms with Crippen molar-refractivity contribution in [3.8, 4) is 11.1 Å². The number of benzene rings is 1. The molecule has 1 fully saturated rings. The summed E-state index contributed by atoms with van der Waals surface area (Å²) in [6, 6.07) is 9.46. The first-order valence-corrected chi connectivity index (χ1v) is 12.1. The average Bonchev–Trinajstić information content (AvgIpc) is 2.92. The Kier molecular flexibility index (Phi) is 8.36. The van der Waals surface area contributed by atoms with E-state index >= 15 is 0 Å². The molecule has 0 unspecified atom stereocenters. The molecule has 0 atom stereocenters. The lowest BCUT2D eigenvalue weighted by Gasteiger charge is -2.35. The molecule has 2 amide bonds. The van der Waals surface area contributed by atoms with Gasteiger partial charge in [0.05, 0.1) is 11.6 Å². The number of likely N-dealkylation sites (N-methyl/N-ethyl adjacent to an activating group) is 1. The van der Waals surface area contributed by atoms with Crippen molar-refractivity contribution in [2.45, 2.75) is 13.2 Å². The van der Waals surface area contributed by atoms with E-state index in [2.05, 4.69) is 30.1 Å². The monoisotopic (exact) mass is 525 g/mol. The molecule has 0 aliphatic carbocycles. The van der Waals surface area contributed by atoms with E-state index in [-0.39, 0.29) is 19.1 Å². The summed E-state index contributed by atoms with van der Waals surface area (Å²) in [6.45, 7) is 2.84. The molecule has 2 aromatic heterocycles. The molecule has 194 valence electrons. The molecule has 4 rings (SSSR count). The second-order valence-electron chi connectivity index (χ2n) is 8.66. The van der Waals surface area contributed by atoms with Gasteiger partial charge in [0.1, 0.15) is 12.4 Å². The first-order valence-electron chi connectivity index (χ1n) is 11.7. The number of amides is 2. The summed E-state index contributed by atoms with van der Waals surface area (Å²) in [6.07, 6.45) is 3.97. The summed E-state index contributed by atoms with van der Waals surface area (Å²) in [7, 11) is 1.63. The SMILES string of the molecule is CN(Cc1cccc(-c2cnc(N3CCN(c4ncc(CO)cc4Cl)CC3)nc2)c1)C(=O)CNC(=O)O. The number of aromatic nitrogens is 3. The van der Waals surface area contributed by atoms with Gasteiger partial charge >= 0.3 is 6.09 Å². The van der Waals surface area contributed by atoms with E-state index in [1.165, 1.54) is 4.90 Å². The number of hydrogen-bond acceptors (Lipinski definition) is 8. The molecule has 0 spiro atoms. The van der Waals surface area contributed by atoms with Crippen LogP contribution >= 0.6 is 11.6 Å². The molecule has 3 heterocycles. The van der Waals surface area contributed by atoms with Gasteiger partial charge in [0.15, 0.2) is 0 Å². The number of carboxylic acid groups (broad SMARTS) is 1. The standard InChI is InChI=1S/C25H28ClN7O4/c1-31(22(35)14-30-25(36)37)15-17-3-2-4-19(9-17)20-12-28-24(29-13-20)33-7-5-32(6-8-33)23-21(26)10-18(16-34)11-27-23/h2-4,9-13,30,34H,5-8,14-16H2,1H3,(H,36,37). The van der Waals surface area contributed by atoms with E-state index in [4.69, 9.17) is 16.7 Å². The largest absolute Gasteiger partial charge is 0.465 e. The number of carbonyl (C=O) groups excluding carboxylic acids is 1. The van der Waals surface area contributed by atoms with E-state index < -0.39 is 6.09 Å². The van der Waals surface area contributed by atoms with Gasteiger partial charge in [-0.15, -0.1) is 0 Å². The van der Waals surface area contributed by atoms with E-state index in [1.807, 2.05) is 24.3 Å². The number of hydrogen-bond donors (Lipinski definition) is 3. The van der Waals surface area contributed by atoms with Crippen molar-refractivity contribution in [3.05, 3.63) is 65.1 Å². The third-order valence-electron chi connectivity index (χ3n) is 6.06. The van der Waals surface area contributed by atoms with Gasteiger partial charge in [-0.2, -0.15) is 0 Å². The van der Waals surface area contributed by atoms with E-state index in [0.29, 0.717) is 55.1 Å². The zero-order valence-corrected chi connectivity index (χ0v) is 21.1. The van der Waals surface area contributed by atoms with Crippen molar-refractivity contribution in [1.82, 2.24) is 25.2 Å². The Balaban J connectivity index is 1.36. The molecule has 3 N–H and O–H groups in total. The zero-order chi connectivity index (χ0) is 26.4. The molecule has 3 aromatic rings. The van der Waals surface area contributed by atoms with Crippen molar-refractivity contribution in [1.29, 1.82) is 0 Å². The molecule has 1 aliphatic heterocycles. The fourth-order valence-electron chi connectivity index (χ4n) is 4.04. The van der Waals surface area contributed by atoms with Gasteiger partial charge in [0, 0.05) is 63.9 Å². The number of nitrogens with one attached hydrogen (secondary N) is 1. The van der Waals surface area contributed by atoms with Crippen molar-refractivity contribution >= 4 is 35.4 Å². The van der Waals surface area contributed by atoms with E-state index in [1.54, 1.807) is 31.7 Å². The second kappa shape index (κ2) is 11.8. The number of rotatable bonds is 8. The first-order chi connectivity index (χ1) is 17.8. The predicted molar refractivity (Wildman–Crippen MR) is 140 cm³/mol.